The van der Waals surface area contributed by atoms with Crippen molar-refractivity contribution in [1.29, 1.82) is 0 Å². The first kappa shape index (κ1) is 14.8. The molecule has 2 heterocycles. The number of benzene rings is 1. The van der Waals surface area contributed by atoms with Crippen molar-refractivity contribution in [1.82, 2.24) is 14.9 Å². The largest absolute Gasteiger partial charge is 0.354 e. The van der Waals surface area contributed by atoms with E-state index in [-0.39, 0.29) is 0 Å². The minimum atomic E-state index is 0.800. The lowest BCUT2D eigenvalue weighted by Crippen LogP contribution is -2.46. The molecule has 5 heteroatoms. The normalized spacial score (nSPS) is 15.8. The highest BCUT2D eigenvalue weighted by Gasteiger charge is 2.17. The number of para-hydroxylation sites is 1. The van der Waals surface area contributed by atoms with Crippen molar-refractivity contribution in [2.45, 2.75) is 13.8 Å². The van der Waals surface area contributed by atoms with Crippen LogP contribution < -0.4 is 10.2 Å². The van der Waals surface area contributed by atoms with Gasteiger partial charge in [-0.05, 0) is 25.6 Å². The van der Waals surface area contributed by atoms with E-state index in [0.717, 1.165) is 55.9 Å². The van der Waals surface area contributed by atoms with Gasteiger partial charge >= 0.3 is 0 Å². The summed E-state index contributed by atoms with van der Waals surface area (Å²) in [6, 6.07) is 12.2. The summed E-state index contributed by atoms with van der Waals surface area (Å²) in [5, 5.41) is 3.36. The van der Waals surface area contributed by atoms with Crippen molar-refractivity contribution >= 4 is 17.3 Å². The van der Waals surface area contributed by atoms with Crippen molar-refractivity contribution in [3.63, 3.8) is 0 Å². The van der Waals surface area contributed by atoms with Crippen LogP contribution in [0.3, 0.4) is 0 Å². The highest BCUT2D eigenvalue weighted by Crippen LogP contribution is 2.20. The molecule has 1 saturated heterocycles. The average molecular weight is 297 g/mol. The number of hydrogen-bond donors (Lipinski definition) is 1. The van der Waals surface area contributed by atoms with Gasteiger partial charge in [0, 0.05) is 37.9 Å². The lowest BCUT2D eigenvalue weighted by atomic mass is 10.3. The molecule has 1 N–H and O–H groups in total. The molecule has 0 amide bonds. The van der Waals surface area contributed by atoms with Gasteiger partial charge in [-0.15, -0.1) is 0 Å². The van der Waals surface area contributed by atoms with Gasteiger partial charge in [-0.25, -0.2) is 9.97 Å². The molecule has 3 rings (SSSR count). The Bertz CT molecular complexity index is 606. The molecule has 1 aliphatic rings. The number of anilines is 3. The Hall–Kier alpha value is -2.14. The van der Waals surface area contributed by atoms with E-state index in [1.54, 1.807) is 0 Å². The molecule has 0 aliphatic carbocycles. The van der Waals surface area contributed by atoms with Gasteiger partial charge in [-0.2, -0.15) is 0 Å². The second-order valence-electron chi connectivity index (χ2n) is 5.57. The van der Waals surface area contributed by atoms with Crippen LogP contribution in [0.25, 0.3) is 0 Å². The molecule has 0 atom stereocenters. The van der Waals surface area contributed by atoms with E-state index in [1.165, 1.54) is 0 Å². The van der Waals surface area contributed by atoms with Crippen LogP contribution in [0.1, 0.15) is 12.7 Å². The van der Waals surface area contributed by atoms with E-state index in [2.05, 4.69) is 32.0 Å². The zero-order valence-electron chi connectivity index (χ0n) is 13.3. The number of nitrogens with zero attached hydrogens (tertiary/aromatic N) is 4. The first-order chi connectivity index (χ1) is 10.7. The van der Waals surface area contributed by atoms with Crippen LogP contribution >= 0.6 is 0 Å². The van der Waals surface area contributed by atoms with Crippen LogP contribution in [0.5, 0.6) is 0 Å². The Morgan fingerprint density at radius 1 is 1.05 bits per heavy atom. The molecule has 1 aliphatic heterocycles. The van der Waals surface area contributed by atoms with Gasteiger partial charge in [-0.1, -0.05) is 25.1 Å². The van der Waals surface area contributed by atoms with Crippen molar-refractivity contribution in [2.24, 2.45) is 0 Å². The molecule has 0 spiro atoms. The average Bonchev–Trinajstić information content (AvgIpc) is 2.55. The first-order valence-electron chi connectivity index (χ1n) is 7.89. The van der Waals surface area contributed by atoms with Gasteiger partial charge in [0.1, 0.15) is 17.5 Å². The fourth-order valence-corrected chi connectivity index (χ4v) is 2.74. The molecule has 0 saturated carbocycles. The summed E-state index contributed by atoms with van der Waals surface area (Å²) in [6.45, 7) is 9.53. The number of hydrogen-bond acceptors (Lipinski definition) is 5. The standard InChI is InChI=1S/C17H23N5/c1-3-21-9-11-22(12-10-21)17-13-16(18-14(2)19-17)20-15-7-5-4-6-8-15/h4-8,13H,3,9-12H2,1-2H3,(H,18,19,20). The van der Waals surface area contributed by atoms with E-state index in [0.29, 0.717) is 0 Å². The van der Waals surface area contributed by atoms with Crippen molar-refractivity contribution < 1.29 is 0 Å². The molecule has 116 valence electrons. The maximum absolute atomic E-state index is 4.61. The SMILES string of the molecule is CCN1CCN(c2cc(Nc3ccccc3)nc(C)n2)CC1. The van der Waals surface area contributed by atoms with Crippen molar-refractivity contribution in [3.05, 3.63) is 42.2 Å². The third-order valence-corrected chi connectivity index (χ3v) is 4.01. The van der Waals surface area contributed by atoms with Crippen molar-refractivity contribution in [3.8, 4) is 0 Å². The maximum atomic E-state index is 4.61. The Morgan fingerprint density at radius 2 is 1.77 bits per heavy atom. The lowest BCUT2D eigenvalue weighted by molar-refractivity contribution is 0.270. The predicted molar refractivity (Wildman–Crippen MR) is 90.8 cm³/mol. The molecular formula is C17H23N5. The maximum Gasteiger partial charge on any atom is 0.136 e. The second-order valence-corrected chi connectivity index (χ2v) is 5.57. The summed E-state index contributed by atoms with van der Waals surface area (Å²) >= 11 is 0. The monoisotopic (exact) mass is 297 g/mol. The molecule has 0 radical (unpaired) electrons. The fraction of sp³-hybridized carbons (Fsp3) is 0.412. The molecule has 2 aromatic rings. The predicted octanol–water partition coefficient (Wildman–Crippen LogP) is 2.67. The van der Waals surface area contributed by atoms with Crippen LogP contribution in [0.4, 0.5) is 17.3 Å². The third kappa shape index (κ3) is 3.54. The van der Waals surface area contributed by atoms with Gasteiger partial charge in [0.15, 0.2) is 0 Å². The number of rotatable bonds is 4. The van der Waals surface area contributed by atoms with Gasteiger partial charge in [-0.3, -0.25) is 0 Å². The number of aryl methyl sites for hydroxylation is 1. The fourth-order valence-electron chi connectivity index (χ4n) is 2.74. The molecule has 0 unspecified atom stereocenters. The second kappa shape index (κ2) is 6.75. The van der Waals surface area contributed by atoms with Gasteiger partial charge < -0.3 is 15.1 Å². The number of nitrogens with one attached hydrogen (secondary N) is 1. The summed E-state index contributed by atoms with van der Waals surface area (Å²) in [5.74, 6) is 2.67. The summed E-state index contributed by atoms with van der Waals surface area (Å²) in [6.07, 6.45) is 0. The van der Waals surface area contributed by atoms with E-state index in [1.807, 2.05) is 43.3 Å². The minimum absolute atomic E-state index is 0.800. The highest BCUT2D eigenvalue weighted by atomic mass is 15.3. The van der Waals surface area contributed by atoms with Crippen LogP contribution in [-0.4, -0.2) is 47.6 Å². The Balaban J connectivity index is 1.75. The molecular weight excluding hydrogens is 274 g/mol. The molecule has 5 nitrogen and oxygen atoms in total. The quantitative estimate of drug-likeness (QED) is 0.940. The van der Waals surface area contributed by atoms with E-state index >= 15 is 0 Å². The zero-order valence-corrected chi connectivity index (χ0v) is 13.3. The Kier molecular flexibility index (Phi) is 4.53. The Morgan fingerprint density at radius 3 is 2.45 bits per heavy atom. The topological polar surface area (TPSA) is 44.3 Å². The van der Waals surface area contributed by atoms with Crippen LogP contribution in [0.15, 0.2) is 36.4 Å². The summed E-state index contributed by atoms with van der Waals surface area (Å²) in [4.78, 5) is 13.9. The minimum Gasteiger partial charge on any atom is -0.354 e. The first-order valence-corrected chi connectivity index (χ1v) is 7.89. The van der Waals surface area contributed by atoms with Gasteiger partial charge in [0.2, 0.25) is 0 Å². The molecule has 1 fully saturated rings. The summed E-state index contributed by atoms with van der Waals surface area (Å²) in [7, 11) is 0. The number of likely N-dealkylation sites (N-methyl/N-ethyl adjacent to an activating group) is 1. The van der Waals surface area contributed by atoms with Crippen molar-refractivity contribution in [2.75, 3.05) is 42.9 Å². The summed E-state index contributed by atoms with van der Waals surface area (Å²) in [5.41, 5.74) is 1.04. The van der Waals surface area contributed by atoms with E-state index in [9.17, 15) is 0 Å². The smallest absolute Gasteiger partial charge is 0.136 e. The lowest BCUT2D eigenvalue weighted by Gasteiger charge is -2.34. The van der Waals surface area contributed by atoms with Crippen LogP contribution in [0, 0.1) is 6.92 Å². The van der Waals surface area contributed by atoms with Gasteiger partial charge in [0.25, 0.3) is 0 Å². The number of aromatic nitrogens is 2. The zero-order chi connectivity index (χ0) is 15.4. The third-order valence-electron chi connectivity index (χ3n) is 4.01. The highest BCUT2D eigenvalue weighted by molar-refractivity contribution is 5.59. The molecule has 0 bridgehead atoms. The van der Waals surface area contributed by atoms with Gasteiger partial charge in [0.05, 0.1) is 0 Å². The van der Waals surface area contributed by atoms with E-state index in [4.69, 9.17) is 0 Å². The molecule has 1 aromatic heterocycles. The molecule has 1 aromatic carbocycles. The van der Waals surface area contributed by atoms with Crippen LogP contribution in [0.2, 0.25) is 0 Å². The Labute approximate surface area is 132 Å². The molecule has 22 heavy (non-hydrogen) atoms. The van der Waals surface area contributed by atoms with E-state index < -0.39 is 0 Å². The number of piperazine rings is 1. The van der Waals surface area contributed by atoms with Crippen LogP contribution in [-0.2, 0) is 0 Å². The summed E-state index contributed by atoms with van der Waals surface area (Å²) < 4.78 is 0.